The number of phenols is 1. The van der Waals surface area contributed by atoms with Crippen LogP contribution in [0.15, 0.2) is 48.5 Å². The fraction of sp³-hybridized carbons (Fsp3) is 0.520. The van der Waals surface area contributed by atoms with Crippen molar-refractivity contribution >= 4 is 0 Å². The van der Waals surface area contributed by atoms with Crippen LogP contribution in [-0.2, 0) is 23.2 Å². The van der Waals surface area contributed by atoms with Gasteiger partial charge in [-0.3, -0.25) is 4.90 Å². The summed E-state index contributed by atoms with van der Waals surface area (Å²) in [6.07, 6.45) is 2.29. The van der Waals surface area contributed by atoms with Crippen molar-refractivity contribution in [3.63, 3.8) is 0 Å². The van der Waals surface area contributed by atoms with Gasteiger partial charge in [0.05, 0.1) is 12.7 Å². The van der Waals surface area contributed by atoms with E-state index < -0.39 is 0 Å². The maximum Gasteiger partial charge on any atom is 0.119 e. The van der Waals surface area contributed by atoms with E-state index in [2.05, 4.69) is 62.9 Å². The van der Waals surface area contributed by atoms with Crippen LogP contribution < -0.4 is 0 Å². The van der Waals surface area contributed by atoms with Gasteiger partial charge in [-0.05, 0) is 59.9 Å². The lowest BCUT2D eigenvalue weighted by molar-refractivity contribution is 0.00734. The van der Waals surface area contributed by atoms with Crippen LogP contribution in [0, 0.1) is 5.41 Å². The highest BCUT2D eigenvalue weighted by Crippen LogP contribution is 2.57. The second-order valence-corrected chi connectivity index (χ2v) is 9.42. The van der Waals surface area contributed by atoms with E-state index in [0.717, 1.165) is 25.1 Å². The van der Waals surface area contributed by atoms with E-state index in [9.17, 15) is 5.11 Å². The third kappa shape index (κ3) is 3.15. The Morgan fingerprint density at radius 1 is 1.11 bits per heavy atom. The maximum atomic E-state index is 10.5. The first kappa shape index (κ1) is 19.5. The number of likely N-dealkylation sites (tertiary alicyclic amines) is 1. The number of rotatable bonds is 5. The molecule has 3 nitrogen and oxygen atoms in total. The zero-order valence-electron chi connectivity index (χ0n) is 17.6. The highest BCUT2D eigenvalue weighted by atomic mass is 16.5. The lowest BCUT2D eigenvalue weighted by atomic mass is 9.54. The molecule has 150 valence electrons. The monoisotopic (exact) mass is 379 g/mol. The number of benzene rings is 2. The average Bonchev–Trinajstić information content (AvgIpc) is 3.00. The first-order chi connectivity index (χ1) is 13.3. The number of fused-ring (bicyclic) bond motifs is 2. The van der Waals surface area contributed by atoms with Gasteiger partial charge < -0.3 is 9.84 Å². The number of phenolic OH excluding ortho intramolecular Hbond substituents is 1. The predicted molar refractivity (Wildman–Crippen MR) is 114 cm³/mol. The van der Waals surface area contributed by atoms with Crippen LogP contribution in [0.4, 0.5) is 0 Å². The first-order valence-electron chi connectivity index (χ1n) is 10.5. The largest absolute Gasteiger partial charge is 0.508 e. The Bertz CT molecular complexity index is 832. The Kier molecular flexibility index (Phi) is 5.01. The van der Waals surface area contributed by atoms with Crippen LogP contribution in [0.1, 0.15) is 50.8 Å². The molecular formula is C25H33NO2. The second-order valence-electron chi connectivity index (χ2n) is 9.42. The van der Waals surface area contributed by atoms with Gasteiger partial charge in [0.2, 0.25) is 0 Å². The van der Waals surface area contributed by atoms with Crippen LogP contribution in [0.3, 0.4) is 0 Å². The molecule has 1 aliphatic carbocycles. The SMILES string of the molecule is C[C@@H](CN1CC[C@]2(C)[C@@H]1Cc1c(O)cccc1C2(C)C)OCc1ccccc1. The Balaban J connectivity index is 1.50. The van der Waals surface area contributed by atoms with Gasteiger partial charge in [-0.1, -0.05) is 63.2 Å². The lowest BCUT2D eigenvalue weighted by Gasteiger charge is -2.52. The molecule has 0 saturated carbocycles. The summed E-state index contributed by atoms with van der Waals surface area (Å²) in [6.45, 7) is 12.0. The Morgan fingerprint density at radius 2 is 1.86 bits per heavy atom. The number of hydrogen-bond donors (Lipinski definition) is 1. The molecule has 4 rings (SSSR count). The van der Waals surface area contributed by atoms with Crippen molar-refractivity contribution in [1.82, 2.24) is 4.90 Å². The fourth-order valence-electron chi connectivity index (χ4n) is 5.47. The van der Waals surface area contributed by atoms with Crippen molar-refractivity contribution in [3.05, 3.63) is 65.2 Å². The van der Waals surface area contributed by atoms with E-state index in [-0.39, 0.29) is 16.9 Å². The topological polar surface area (TPSA) is 32.7 Å². The quantitative estimate of drug-likeness (QED) is 0.801. The minimum absolute atomic E-state index is 0.0346. The third-order valence-corrected chi connectivity index (χ3v) is 7.61. The molecule has 0 amide bonds. The van der Waals surface area contributed by atoms with E-state index in [1.54, 1.807) is 0 Å². The van der Waals surface area contributed by atoms with Gasteiger partial charge in [0.1, 0.15) is 5.75 Å². The predicted octanol–water partition coefficient (Wildman–Crippen LogP) is 4.91. The average molecular weight is 380 g/mol. The van der Waals surface area contributed by atoms with Crippen molar-refractivity contribution < 1.29 is 9.84 Å². The Morgan fingerprint density at radius 3 is 2.61 bits per heavy atom. The van der Waals surface area contributed by atoms with Gasteiger partial charge in [0, 0.05) is 12.6 Å². The summed E-state index contributed by atoms with van der Waals surface area (Å²) in [4.78, 5) is 2.60. The first-order valence-corrected chi connectivity index (χ1v) is 10.5. The van der Waals surface area contributed by atoms with Crippen LogP contribution >= 0.6 is 0 Å². The molecular weight excluding hydrogens is 346 g/mol. The van der Waals surface area contributed by atoms with Crippen molar-refractivity contribution in [1.29, 1.82) is 0 Å². The molecule has 3 atom stereocenters. The standard InChI is InChI=1S/C25H33NO2/c1-18(28-17-19-9-6-5-7-10-19)16-26-14-13-25(4)23(26)15-20-21(24(25,2)3)11-8-12-22(20)27/h5-12,18,23,27H,13-17H2,1-4H3/t18-,23-,25+/m0/s1. The normalized spacial score (nSPS) is 27.2. The molecule has 1 heterocycles. The number of hydrogen-bond acceptors (Lipinski definition) is 3. The van der Waals surface area contributed by atoms with Crippen LogP contribution in [-0.4, -0.2) is 35.2 Å². The van der Waals surface area contributed by atoms with Gasteiger partial charge in [0.25, 0.3) is 0 Å². The fourth-order valence-corrected chi connectivity index (χ4v) is 5.47. The van der Waals surface area contributed by atoms with Crippen LogP contribution in [0.25, 0.3) is 0 Å². The maximum absolute atomic E-state index is 10.5. The molecule has 28 heavy (non-hydrogen) atoms. The Labute approximate surface area is 169 Å². The summed E-state index contributed by atoms with van der Waals surface area (Å²) in [5.74, 6) is 0.452. The van der Waals surface area contributed by atoms with Crippen molar-refractivity contribution in [3.8, 4) is 5.75 Å². The van der Waals surface area contributed by atoms with Crippen LogP contribution in [0.2, 0.25) is 0 Å². The summed E-state index contributed by atoms with van der Waals surface area (Å²) in [6, 6.07) is 16.9. The van der Waals surface area contributed by atoms with Crippen molar-refractivity contribution in [2.75, 3.05) is 13.1 Å². The highest BCUT2D eigenvalue weighted by molar-refractivity contribution is 5.48. The third-order valence-electron chi connectivity index (χ3n) is 7.61. The molecule has 0 spiro atoms. The van der Waals surface area contributed by atoms with Crippen LogP contribution in [0.5, 0.6) is 5.75 Å². The zero-order valence-corrected chi connectivity index (χ0v) is 17.6. The Hall–Kier alpha value is -1.84. The summed E-state index contributed by atoms with van der Waals surface area (Å²) in [5.41, 5.74) is 3.92. The van der Waals surface area contributed by atoms with Crippen molar-refractivity contribution in [2.24, 2.45) is 5.41 Å². The molecule has 0 unspecified atom stereocenters. The molecule has 3 heteroatoms. The molecule has 0 radical (unpaired) electrons. The molecule has 1 aliphatic heterocycles. The molecule has 2 aliphatic rings. The van der Waals surface area contributed by atoms with Gasteiger partial charge in [0.15, 0.2) is 0 Å². The van der Waals surface area contributed by atoms with E-state index >= 15 is 0 Å². The van der Waals surface area contributed by atoms with Gasteiger partial charge in [-0.15, -0.1) is 0 Å². The van der Waals surface area contributed by atoms with Gasteiger partial charge in [-0.2, -0.15) is 0 Å². The molecule has 0 bridgehead atoms. The summed E-state index contributed by atoms with van der Waals surface area (Å²) < 4.78 is 6.16. The minimum atomic E-state index is 0.0346. The molecule has 1 fully saturated rings. The number of nitrogens with zero attached hydrogens (tertiary/aromatic N) is 1. The summed E-state index contributed by atoms with van der Waals surface area (Å²) >= 11 is 0. The molecule has 2 aromatic carbocycles. The number of ether oxygens (including phenoxy) is 1. The van der Waals surface area contributed by atoms with E-state index in [0.29, 0.717) is 18.4 Å². The minimum Gasteiger partial charge on any atom is -0.508 e. The second kappa shape index (κ2) is 7.20. The molecule has 1 saturated heterocycles. The lowest BCUT2D eigenvalue weighted by Crippen LogP contribution is -2.54. The van der Waals surface area contributed by atoms with Crippen molar-refractivity contribution in [2.45, 2.75) is 64.7 Å². The van der Waals surface area contributed by atoms with E-state index in [4.69, 9.17) is 4.74 Å². The summed E-state index contributed by atoms with van der Waals surface area (Å²) in [5, 5.41) is 10.5. The molecule has 1 N–H and O–H groups in total. The van der Waals surface area contributed by atoms with E-state index in [1.807, 2.05) is 18.2 Å². The summed E-state index contributed by atoms with van der Waals surface area (Å²) in [7, 11) is 0. The molecule has 0 aromatic heterocycles. The highest BCUT2D eigenvalue weighted by Gasteiger charge is 2.56. The number of aromatic hydroxyl groups is 1. The van der Waals surface area contributed by atoms with Gasteiger partial charge in [-0.25, -0.2) is 0 Å². The molecule has 2 aromatic rings. The smallest absolute Gasteiger partial charge is 0.119 e. The zero-order chi connectivity index (χ0) is 19.9. The van der Waals surface area contributed by atoms with E-state index in [1.165, 1.54) is 17.5 Å². The van der Waals surface area contributed by atoms with Gasteiger partial charge >= 0.3 is 0 Å².